The largest absolute Gasteiger partial charge is 0.398 e. The molecule has 0 aliphatic heterocycles. The molecule has 0 aliphatic carbocycles. The number of nitrogen functional groups attached to an aromatic ring is 1. The first-order valence-corrected chi connectivity index (χ1v) is 6.65. The van der Waals surface area contributed by atoms with E-state index in [-0.39, 0.29) is 17.0 Å². The van der Waals surface area contributed by atoms with Crippen LogP contribution in [0.3, 0.4) is 0 Å². The third kappa shape index (κ3) is 3.19. The van der Waals surface area contributed by atoms with Crippen LogP contribution in [-0.2, 0) is 0 Å². The van der Waals surface area contributed by atoms with Crippen molar-refractivity contribution in [1.29, 1.82) is 10.5 Å². The molecular formula is C15H9BrN4O. The lowest BCUT2D eigenvalue weighted by atomic mass is 10.1. The summed E-state index contributed by atoms with van der Waals surface area (Å²) in [6, 6.07) is 13.2. The molecule has 3 N–H and O–H groups in total. The normalized spacial score (nSPS) is 9.48. The van der Waals surface area contributed by atoms with E-state index in [1.54, 1.807) is 24.3 Å². The van der Waals surface area contributed by atoms with Gasteiger partial charge in [-0.3, -0.25) is 4.79 Å². The van der Waals surface area contributed by atoms with Gasteiger partial charge >= 0.3 is 0 Å². The molecule has 0 unspecified atom stereocenters. The van der Waals surface area contributed by atoms with E-state index in [2.05, 4.69) is 21.2 Å². The number of benzene rings is 2. The maximum Gasteiger partial charge on any atom is 0.255 e. The lowest BCUT2D eigenvalue weighted by Crippen LogP contribution is -2.12. The first-order valence-electron chi connectivity index (χ1n) is 5.86. The van der Waals surface area contributed by atoms with Crippen LogP contribution >= 0.6 is 15.9 Å². The molecule has 0 atom stereocenters. The average molecular weight is 341 g/mol. The van der Waals surface area contributed by atoms with Crippen molar-refractivity contribution in [2.45, 2.75) is 0 Å². The van der Waals surface area contributed by atoms with Crippen LogP contribution < -0.4 is 11.1 Å². The zero-order valence-corrected chi connectivity index (χ0v) is 12.3. The summed E-state index contributed by atoms with van der Waals surface area (Å²) < 4.78 is 0.712. The summed E-state index contributed by atoms with van der Waals surface area (Å²) in [5, 5.41) is 20.5. The van der Waals surface area contributed by atoms with Crippen LogP contribution in [0.4, 0.5) is 11.4 Å². The fourth-order valence-electron chi connectivity index (χ4n) is 1.70. The highest BCUT2D eigenvalue weighted by atomic mass is 79.9. The van der Waals surface area contributed by atoms with E-state index in [0.717, 1.165) is 0 Å². The lowest BCUT2D eigenvalue weighted by Gasteiger charge is -2.07. The fraction of sp³-hybridized carbons (Fsp3) is 0. The van der Waals surface area contributed by atoms with Crippen LogP contribution in [0, 0.1) is 22.7 Å². The minimum atomic E-state index is -0.345. The number of hydrogen-bond acceptors (Lipinski definition) is 4. The van der Waals surface area contributed by atoms with Gasteiger partial charge in [0.25, 0.3) is 5.91 Å². The molecule has 0 heterocycles. The Hall–Kier alpha value is -2.83. The number of halogens is 1. The number of carbonyl (C=O) groups excluding carboxylic acids is 1. The van der Waals surface area contributed by atoms with Crippen molar-refractivity contribution in [2.24, 2.45) is 0 Å². The van der Waals surface area contributed by atoms with Gasteiger partial charge in [0.2, 0.25) is 0 Å². The van der Waals surface area contributed by atoms with Crippen LogP contribution in [0.1, 0.15) is 21.5 Å². The number of amides is 1. The maximum atomic E-state index is 12.1. The summed E-state index contributed by atoms with van der Waals surface area (Å²) in [5.74, 6) is -0.345. The standard InChI is InChI=1S/C15H9BrN4O/c16-13-4-2-9(6-14(13)19)15(21)20-12-3-1-10(7-17)11(5-12)8-18/h1-6H,19H2,(H,20,21). The second-order valence-corrected chi connectivity index (χ2v) is 5.03. The summed E-state index contributed by atoms with van der Waals surface area (Å²) in [6.45, 7) is 0. The molecule has 0 saturated heterocycles. The monoisotopic (exact) mass is 340 g/mol. The van der Waals surface area contributed by atoms with E-state index in [1.807, 2.05) is 12.1 Å². The van der Waals surface area contributed by atoms with Gasteiger partial charge in [-0.2, -0.15) is 10.5 Å². The second kappa shape index (κ2) is 6.08. The molecule has 0 aromatic heterocycles. The van der Waals surface area contributed by atoms with Gasteiger partial charge in [-0.05, 0) is 52.3 Å². The lowest BCUT2D eigenvalue weighted by molar-refractivity contribution is 0.102. The summed E-state index contributed by atoms with van der Waals surface area (Å²) in [5.41, 5.74) is 7.51. The molecule has 0 spiro atoms. The molecule has 0 saturated carbocycles. The number of rotatable bonds is 2. The van der Waals surface area contributed by atoms with Gasteiger partial charge in [-0.1, -0.05) is 0 Å². The predicted octanol–water partition coefficient (Wildman–Crippen LogP) is 3.03. The number of carbonyl (C=O) groups is 1. The first-order chi connectivity index (χ1) is 10.0. The van der Waals surface area contributed by atoms with Crippen molar-refractivity contribution in [2.75, 3.05) is 11.1 Å². The smallest absolute Gasteiger partial charge is 0.255 e. The van der Waals surface area contributed by atoms with Crippen LogP contribution in [0.5, 0.6) is 0 Å². The Morgan fingerprint density at radius 2 is 1.81 bits per heavy atom. The maximum absolute atomic E-state index is 12.1. The number of nitrogens with one attached hydrogen (secondary N) is 1. The molecule has 0 aliphatic rings. The van der Waals surface area contributed by atoms with Crippen molar-refractivity contribution in [3.63, 3.8) is 0 Å². The van der Waals surface area contributed by atoms with E-state index >= 15 is 0 Å². The molecular weight excluding hydrogens is 332 g/mol. The zero-order valence-electron chi connectivity index (χ0n) is 10.7. The summed E-state index contributed by atoms with van der Waals surface area (Å²) in [7, 11) is 0. The molecule has 1 amide bonds. The quantitative estimate of drug-likeness (QED) is 0.820. The van der Waals surface area contributed by atoms with Crippen LogP contribution in [0.25, 0.3) is 0 Å². The van der Waals surface area contributed by atoms with Crippen molar-refractivity contribution >= 4 is 33.2 Å². The number of nitrogens with two attached hydrogens (primary N) is 1. The summed E-state index contributed by atoms with van der Waals surface area (Å²) in [4.78, 5) is 12.1. The third-order valence-corrected chi connectivity index (χ3v) is 3.50. The Kier molecular flexibility index (Phi) is 4.22. The highest BCUT2D eigenvalue weighted by Crippen LogP contribution is 2.21. The molecule has 102 valence electrons. The van der Waals surface area contributed by atoms with E-state index in [4.69, 9.17) is 16.3 Å². The third-order valence-electron chi connectivity index (χ3n) is 2.78. The van der Waals surface area contributed by atoms with E-state index in [1.165, 1.54) is 12.1 Å². The van der Waals surface area contributed by atoms with Crippen molar-refractivity contribution in [3.05, 3.63) is 57.6 Å². The SMILES string of the molecule is N#Cc1ccc(NC(=O)c2ccc(Br)c(N)c2)cc1C#N. The molecule has 6 heteroatoms. The molecule has 0 radical (unpaired) electrons. The van der Waals surface area contributed by atoms with E-state index in [9.17, 15) is 4.79 Å². The van der Waals surface area contributed by atoms with Crippen LogP contribution in [-0.4, -0.2) is 5.91 Å². The van der Waals surface area contributed by atoms with Gasteiger partial charge < -0.3 is 11.1 Å². The summed E-state index contributed by atoms with van der Waals surface area (Å²) >= 11 is 3.26. The highest BCUT2D eigenvalue weighted by molar-refractivity contribution is 9.10. The molecule has 0 bridgehead atoms. The van der Waals surface area contributed by atoms with Gasteiger partial charge in [0, 0.05) is 21.4 Å². The predicted molar refractivity (Wildman–Crippen MR) is 82.4 cm³/mol. The van der Waals surface area contributed by atoms with Crippen LogP contribution in [0.15, 0.2) is 40.9 Å². The Bertz CT molecular complexity index is 802. The average Bonchev–Trinajstić information content (AvgIpc) is 2.49. The Morgan fingerprint density at radius 1 is 1.10 bits per heavy atom. The second-order valence-electron chi connectivity index (χ2n) is 4.17. The van der Waals surface area contributed by atoms with E-state index < -0.39 is 0 Å². The van der Waals surface area contributed by atoms with E-state index in [0.29, 0.717) is 21.4 Å². The van der Waals surface area contributed by atoms with Crippen molar-refractivity contribution in [3.8, 4) is 12.1 Å². The number of anilines is 2. The molecule has 21 heavy (non-hydrogen) atoms. The summed E-state index contributed by atoms with van der Waals surface area (Å²) in [6.07, 6.45) is 0. The molecule has 5 nitrogen and oxygen atoms in total. The zero-order chi connectivity index (χ0) is 15.4. The van der Waals surface area contributed by atoms with Crippen molar-refractivity contribution in [1.82, 2.24) is 0 Å². The number of nitriles is 2. The molecule has 2 aromatic carbocycles. The topological polar surface area (TPSA) is 103 Å². The van der Waals surface area contributed by atoms with Gasteiger partial charge in [-0.25, -0.2) is 0 Å². The fourth-order valence-corrected chi connectivity index (χ4v) is 1.95. The minimum Gasteiger partial charge on any atom is -0.398 e. The highest BCUT2D eigenvalue weighted by Gasteiger charge is 2.09. The minimum absolute atomic E-state index is 0.214. The van der Waals surface area contributed by atoms with Gasteiger partial charge in [0.05, 0.1) is 11.1 Å². The van der Waals surface area contributed by atoms with Gasteiger partial charge in [-0.15, -0.1) is 0 Å². The Labute approximate surface area is 129 Å². The number of hydrogen-bond donors (Lipinski definition) is 2. The van der Waals surface area contributed by atoms with Crippen LogP contribution in [0.2, 0.25) is 0 Å². The molecule has 2 aromatic rings. The van der Waals surface area contributed by atoms with Gasteiger partial charge in [0.15, 0.2) is 0 Å². The Morgan fingerprint density at radius 3 is 2.43 bits per heavy atom. The van der Waals surface area contributed by atoms with Gasteiger partial charge in [0.1, 0.15) is 12.1 Å². The molecule has 2 rings (SSSR count). The Balaban J connectivity index is 2.26. The molecule has 0 fully saturated rings. The first kappa shape index (κ1) is 14.6. The van der Waals surface area contributed by atoms with Crippen molar-refractivity contribution < 1.29 is 4.79 Å². The number of nitrogens with zero attached hydrogens (tertiary/aromatic N) is 2.